The van der Waals surface area contributed by atoms with Crippen molar-refractivity contribution in [3.8, 4) is 0 Å². The highest BCUT2D eigenvalue weighted by Gasteiger charge is 2.28. The summed E-state index contributed by atoms with van der Waals surface area (Å²) in [5.74, 6) is 3.04. The van der Waals surface area contributed by atoms with E-state index in [2.05, 4.69) is 34.4 Å². The summed E-state index contributed by atoms with van der Waals surface area (Å²) in [6.45, 7) is 4.72. The first-order chi connectivity index (χ1) is 9.20. The van der Waals surface area contributed by atoms with Crippen molar-refractivity contribution in [2.24, 2.45) is 11.8 Å². The second-order valence-electron chi connectivity index (χ2n) is 5.82. The van der Waals surface area contributed by atoms with Crippen LogP contribution in [-0.2, 0) is 5.88 Å². The van der Waals surface area contributed by atoms with E-state index >= 15 is 0 Å². The van der Waals surface area contributed by atoms with Crippen LogP contribution in [0.3, 0.4) is 0 Å². The van der Waals surface area contributed by atoms with Crippen molar-refractivity contribution in [3.05, 3.63) is 24.3 Å². The minimum Gasteiger partial charge on any atom is -0.324 e. The third-order valence-electron chi connectivity index (χ3n) is 4.62. The SMILES string of the molecule is CC1CCC(n2c(CCl)nc3cnccc32)CC1C. The molecule has 0 saturated heterocycles. The third-order valence-corrected chi connectivity index (χ3v) is 4.86. The Morgan fingerprint density at radius 3 is 2.89 bits per heavy atom. The second-order valence-corrected chi connectivity index (χ2v) is 6.08. The summed E-state index contributed by atoms with van der Waals surface area (Å²) in [6, 6.07) is 2.59. The molecule has 4 heteroatoms. The zero-order valence-corrected chi connectivity index (χ0v) is 12.3. The lowest BCUT2D eigenvalue weighted by molar-refractivity contribution is 0.211. The Balaban J connectivity index is 2.03. The summed E-state index contributed by atoms with van der Waals surface area (Å²) in [5, 5.41) is 0. The molecule has 3 nitrogen and oxygen atoms in total. The molecule has 102 valence electrons. The number of imidazole rings is 1. The van der Waals surface area contributed by atoms with Crippen LogP contribution < -0.4 is 0 Å². The van der Waals surface area contributed by atoms with Crippen molar-refractivity contribution in [2.45, 2.75) is 45.0 Å². The highest BCUT2D eigenvalue weighted by atomic mass is 35.5. The topological polar surface area (TPSA) is 30.7 Å². The van der Waals surface area contributed by atoms with Crippen LogP contribution in [0.4, 0.5) is 0 Å². The van der Waals surface area contributed by atoms with Crippen molar-refractivity contribution in [1.29, 1.82) is 0 Å². The van der Waals surface area contributed by atoms with Gasteiger partial charge in [0.25, 0.3) is 0 Å². The molecule has 3 unspecified atom stereocenters. The minimum absolute atomic E-state index is 0.467. The van der Waals surface area contributed by atoms with Gasteiger partial charge >= 0.3 is 0 Å². The first-order valence-corrected chi connectivity index (χ1v) is 7.61. The molecular weight excluding hydrogens is 258 g/mol. The Morgan fingerprint density at radius 2 is 2.16 bits per heavy atom. The Hall–Kier alpha value is -1.09. The number of halogens is 1. The zero-order valence-electron chi connectivity index (χ0n) is 11.5. The molecule has 1 fully saturated rings. The number of aromatic nitrogens is 3. The van der Waals surface area contributed by atoms with Gasteiger partial charge in [-0.1, -0.05) is 13.8 Å². The maximum absolute atomic E-state index is 6.08. The number of rotatable bonds is 2. The maximum Gasteiger partial charge on any atom is 0.125 e. The summed E-state index contributed by atoms with van der Waals surface area (Å²) in [6.07, 6.45) is 7.41. The standard InChI is InChI=1S/C15H20ClN3/c1-10-3-4-12(7-11(10)2)19-14-5-6-17-9-13(14)18-15(19)8-16/h5-6,9-12H,3-4,7-8H2,1-2H3. The van der Waals surface area contributed by atoms with Gasteiger partial charge in [0.1, 0.15) is 11.3 Å². The van der Waals surface area contributed by atoms with Crippen LogP contribution in [0.25, 0.3) is 11.0 Å². The Bertz CT molecular complexity index is 578. The first kappa shape index (κ1) is 12.9. The van der Waals surface area contributed by atoms with Crippen LogP contribution >= 0.6 is 11.6 Å². The first-order valence-electron chi connectivity index (χ1n) is 7.07. The largest absolute Gasteiger partial charge is 0.324 e. The lowest BCUT2D eigenvalue weighted by Crippen LogP contribution is -2.24. The number of fused-ring (bicyclic) bond motifs is 1. The van der Waals surface area contributed by atoms with E-state index in [0.717, 1.165) is 23.2 Å². The van der Waals surface area contributed by atoms with E-state index in [9.17, 15) is 0 Å². The summed E-state index contributed by atoms with van der Waals surface area (Å²) in [7, 11) is 0. The van der Waals surface area contributed by atoms with Crippen LogP contribution in [0.15, 0.2) is 18.5 Å². The van der Waals surface area contributed by atoms with E-state index < -0.39 is 0 Å². The maximum atomic E-state index is 6.08. The minimum atomic E-state index is 0.467. The molecule has 0 bridgehead atoms. The van der Waals surface area contributed by atoms with Crippen LogP contribution in [0.1, 0.15) is 45.0 Å². The van der Waals surface area contributed by atoms with Crippen LogP contribution in [0, 0.1) is 11.8 Å². The molecule has 1 aliphatic carbocycles. The average molecular weight is 278 g/mol. The Morgan fingerprint density at radius 1 is 1.32 bits per heavy atom. The fourth-order valence-electron chi connectivity index (χ4n) is 3.26. The lowest BCUT2D eigenvalue weighted by atomic mass is 9.79. The van der Waals surface area contributed by atoms with Crippen LogP contribution in [0.2, 0.25) is 0 Å². The highest BCUT2D eigenvalue weighted by Crippen LogP contribution is 2.38. The van der Waals surface area contributed by atoms with E-state index in [-0.39, 0.29) is 0 Å². The molecule has 1 aliphatic rings. The molecule has 2 aromatic heterocycles. The smallest absolute Gasteiger partial charge is 0.125 e. The van der Waals surface area contributed by atoms with Gasteiger partial charge in [-0.2, -0.15) is 0 Å². The molecule has 0 aromatic carbocycles. The zero-order chi connectivity index (χ0) is 13.4. The predicted octanol–water partition coefficient (Wildman–Crippen LogP) is 4.17. The third kappa shape index (κ3) is 2.25. The highest BCUT2D eigenvalue weighted by molar-refractivity contribution is 6.16. The van der Waals surface area contributed by atoms with Crippen LogP contribution in [-0.4, -0.2) is 14.5 Å². The molecule has 0 amide bonds. The molecular formula is C15H20ClN3. The predicted molar refractivity (Wildman–Crippen MR) is 78.3 cm³/mol. The van der Waals surface area contributed by atoms with Crippen molar-refractivity contribution in [1.82, 2.24) is 14.5 Å². The van der Waals surface area contributed by atoms with Gasteiger partial charge in [0, 0.05) is 12.2 Å². The van der Waals surface area contributed by atoms with E-state index in [4.69, 9.17) is 11.6 Å². The van der Waals surface area contributed by atoms with Gasteiger partial charge in [-0.15, -0.1) is 11.6 Å². The molecule has 0 aliphatic heterocycles. The molecule has 3 rings (SSSR count). The van der Waals surface area contributed by atoms with E-state index in [0.29, 0.717) is 11.9 Å². The molecule has 0 radical (unpaired) electrons. The fraction of sp³-hybridized carbons (Fsp3) is 0.600. The number of nitrogens with zero attached hydrogens (tertiary/aromatic N) is 3. The van der Waals surface area contributed by atoms with Gasteiger partial charge in [-0.05, 0) is 37.2 Å². The van der Waals surface area contributed by atoms with Crippen molar-refractivity contribution < 1.29 is 0 Å². The molecule has 0 spiro atoms. The molecule has 0 N–H and O–H groups in total. The summed E-state index contributed by atoms with van der Waals surface area (Å²) < 4.78 is 2.35. The van der Waals surface area contributed by atoms with E-state index in [1.165, 1.54) is 24.8 Å². The van der Waals surface area contributed by atoms with E-state index in [1.807, 2.05) is 12.4 Å². The summed E-state index contributed by atoms with van der Waals surface area (Å²) >= 11 is 6.08. The molecule has 1 saturated carbocycles. The quantitative estimate of drug-likeness (QED) is 0.772. The number of pyridine rings is 1. The Kier molecular flexibility index (Phi) is 3.48. The molecule has 2 aromatic rings. The number of hydrogen-bond acceptors (Lipinski definition) is 2. The second kappa shape index (κ2) is 5.12. The number of alkyl halides is 1. The summed E-state index contributed by atoms with van der Waals surface area (Å²) in [5.41, 5.74) is 2.14. The normalized spacial score (nSPS) is 27.8. The van der Waals surface area contributed by atoms with Crippen molar-refractivity contribution in [2.75, 3.05) is 0 Å². The van der Waals surface area contributed by atoms with Gasteiger partial charge in [0.15, 0.2) is 0 Å². The fourth-order valence-corrected chi connectivity index (χ4v) is 3.44. The molecule has 2 heterocycles. The van der Waals surface area contributed by atoms with Crippen molar-refractivity contribution >= 4 is 22.6 Å². The Labute approximate surface area is 119 Å². The van der Waals surface area contributed by atoms with Gasteiger partial charge < -0.3 is 4.57 Å². The van der Waals surface area contributed by atoms with Crippen LogP contribution in [0.5, 0.6) is 0 Å². The average Bonchev–Trinajstić information content (AvgIpc) is 2.80. The number of hydrogen-bond donors (Lipinski definition) is 0. The van der Waals surface area contributed by atoms with Gasteiger partial charge in [-0.3, -0.25) is 4.98 Å². The monoisotopic (exact) mass is 277 g/mol. The summed E-state index contributed by atoms with van der Waals surface area (Å²) in [4.78, 5) is 8.77. The van der Waals surface area contributed by atoms with Gasteiger partial charge in [0.2, 0.25) is 0 Å². The lowest BCUT2D eigenvalue weighted by Gasteiger charge is -2.33. The van der Waals surface area contributed by atoms with Crippen molar-refractivity contribution in [3.63, 3.8) is 0 Å². The van der Waals surface area contributed by atoms with Gasteiger partial charge in [0.05, 0.1) is 17.6 Å². The van der Waals surface area contributed by atoms with E-state index in [1.54, 1.807) is 0 Å². The molecule has 19 heavy (non-hydrogen) atoms. The molecule has 3 atom stereocenters. The van der Waals surface area contributed by atoms with Gasteiger partial charge in [-0.25, -0.2) is 4.98 Å².